The monoisotopic (exact) mass is 399 g/mol. The highest BCUT2D eigenvalue weighted by Crippen LogP contribution is 2.22. The van der Waals surface area contributed by atoms with Crippen molar-refractivity contribution in [3.05, 3.63) is 59.1 Å². The number of amides is 2. The van der Waals surface area contributed by atoms with Crippen molar-refractivity contribution in [2.75, 3.05) is 29.9 Å². The van der Waals surface area contributed by atoms with E-state index in [1.807, 2.05) is 42.5 Å². The molecule has 0 atom stereocenters. The highest BCUT2D eigenvalue weighted by atomic mass is 35.5. The van der Waals surface area contributed by atoms with Crippen LogP contribution in [0.4, 0.5) is 11.4 Å². The van der Waals surface area contributed by atoms with E-state index >= 15 is 0 Å². The maximum Gasteiger partial charge on any atom is 0.226 e. The number of carbonyl (C=O) groups is 2. The number of anilines is 2. The van der Waals surface area contributed by atoms with Gasteiger partial charge in [-0.2, -0.15) is 0 Å². The number of hydrogen-bond donors (Lipinski definition) is 1. The van der Waals surface area contributed by atoms with Crippen LogP contribution in [0.15, 0.2) is 48.5 Å². The van der Waals surface area contributed by atoms with Crippen molar-refractivity contribution in [2.45, 2.75) is 32.7 Å². The lowest BCUT2D eigenvalue weighted by Gasteiger charge is -2.21. The van der Waals surface area contributed by atoms with Crippen molar-refractivity contribution in [1.82, 2.24) is 4.90 Å². The number of halogens is 1. The Labute approximate surface area is 171 Å². The van der Waals surface area contributed by atoms with Crippen LogP contribution in [0.1, 0.15) is 31.7 Å². The van der Waals surface area contributed by atoms with E-state index in [0.29, 0.717) is 18.1 Å². The molecule has 6 heteroatoms. The number of rotatable bonds is 7. The standard InChI is InChI=1S/C22H26ClN3O2/c1-17(27)26(16-18-6-2-3-7-21(18)23)15-12-22(28)24-19-8-10-20(11-9-19)25-13-4-5-14-25/h2-3,6-11H,4-5,12-16H2,1H3,(H,24,28). The Morgan fingerprint density at radius 3 is 2.39 bits per heavy atom. The molecule has 0 saturated carbocycles. The van der Waals surface area contributed by atoms with Crippen LogP contribution in [-0.4, -0.2) is 36.3 Å². The minimum Gasteiger partial charge on any atom is -0.372 e. The molecule has 5 nitrogen and oxygen atoms in total. The SMILES string of the molecule is CC(=O)N(CCC(=O)Nc1ccc(N2CCCC2)cc1)Cc1ccccc1Cl. The number of nitrogens with zero attached hydrogens (tertiary/aromatic N) is 2. The fraction of sp³-hybridized carbons (Fsp3) is 0.364. The summed E-state index contributed by atoms with van der Waals surface area (Å²) in [7, 11) is 0. The molecule has 0 spiro atoms. The molecule has 0 bridgehead atoms. The zero-order valence-corrected chi connectivity index (χ0v) is 16.9. The van der Waals surface area contributed by atoms with Crippen molar-refractivity contribution in [3.8, 4) is 0 Å². The van der Waals surface area contributed by atoms with Crippen LogP contribution in [0.25, 0.3) is 0 Å². The molecule has 0 aromatic heterocycles. The van der Waals surface area contributed by atoms with E-state index in [4.69, 9.17) is 11.6 Å². The molecule has 1 aliphatic rings. The maximum absolute atomic E-state index is 12.3. The predicted octanol–water partition coefficient (Wildman–Crippen LogP) is 4.32. The second-order valence-electron chi connectivity index (χ2n) is 7.07. The van der Waals surface area contributed by atoms with Gasteiger partial charge in [0.2, 0.25) is 11.8 Å². The first-order valence-corrected chi connectivity index (χ1v) is 10.0. The van der Waals surface area contributed by atoms with Crippen molar-refractivity contribution < 1.29 is 9.59 Å². The van der Waals surface area contributed by atoms with Crippen molar-refractivity contribution in [1.29, 1.82) is 0 Å². The van der Waals surface area contributed by atoms with Gasteiger partial charge in [0.25, 0.3) is 0 Å². The van der Waals surface area contributed by atoms with Crippen LogP contribution in [0.3, 0.4) is 0 Å². The molecule has 28 heavy (non-hydrogen) atoms. The summed E-state index contributed by atoms with van der Waals surface area (Å²) >= 11 is 6.18. The molecule has 1 aliphatic heterocycles. The van der Waals surface area contributed by atoms with E-state index in [1.54, 1.807) is 11.0 Å². The van der Waals surface area contributed by atoms with Crippen molar-refractivity contribution in [3.63, 3.8) is 0 Å². The third kappa shape index (κ3) is 5.49. The Balaban J connectivity index is 1.51. The van der Waals surface area contributed by atoms with Gasteiger partial charge in [-0.1, -0.05) is 29.8 Å². The summed E-state index contributed by atoms with van der Waals surface area (Å²) in [6.45, 7) is 4.44. The van der Waals surface area contributed by atoms with Crippen LogP contribution in [0.5, 0.6) is 0 Å². The highest BCUT2D eigenvalue weighted by molar-refractivity contribution is 6.31. The first-order valence-electron chi connectivity index (χ1n) is 9.67. The third-order valence-electron chi connectivity index (χ3n) is 5.00. The highest BCUT2D eigenvalue weighted by Gasteiger charge is 2.14. The summed E-state index contributed by atoms with van der Waals surface area (Å²) in [5.74, 6) is -0.193. The smallest absolute Gasteiger partial charge is 0.226 e. The maximum atomic E-state index is 12.3. The van der Waals surface area contributed by atoms with E-state index < -0.39 is 0 Å². The Morgan fingerprint density at radius 1 is 1.07 bits per heavy atom. The van der Waals surface area contributed by atoms with Crippen LogP contribution in [0.2, 0.25) is 5.02 Å². The van der Waals surface area contributed by atoms with E-state index in [0.717, 1.165) is 24.3 Å². The second-order valence-corrected chi connectivity index (χ2v) is 7.48. The topological polar surface area (TPSA) is 52.7 Å². The third-order valence-corrected chi connectivity index (χ3v) is 5.36. The van der Waals surface area contributed by atoms with Gasteiger partial charge in [-0.15, -0.1) is 0 Å². The molecule has 0 unspecified atom stereocenters. The molecule has 2 aromatic rings. The van der Waals surface area contributed by atoms with Crippen molar-refractivity contribution >= 4 is 34.8 Å². The lowest BCUT2D eigenvalue weighted by atomic mass is 10.2. The average Bonchev–Trinajstić information content (AvgIpc) is 3.21. The van der Waals surface area contributed by atoms with Gasteiger partial charge in [-0.3, -0.25) is 9.59 Å². The number of nitrogens with one attached hydrogen (secondary N) is 1. The van der Waals surface area contributed by atoms with E-state index in [9.17, 15) is 9.59 Å². The van der Waals surface area contributed by atoms with Crippen LogP contribution in [-0.2, 0) is 16.1 Å². The Kier molecular flexibility index (Phi) is 6.93. The zero-order chi connectivity index (χ0) is 19.9. The fourth-order valence-electron chi connectivity index (χ4n) is 3.37. The molecule has 0 radical (unpaired) electrons. The average molecular weight is 400 g/mol. The summed E-state index contributed by atoms with van der Waals surface area (Å²) in [6.07, 6.45) is 2.70. The van der Waals surface area contributed by atoms with Crippen molar-refractivity contribution in [2.24, 2.45) is 0 Å². The molecule has 0 aliphatic carbocycles. The van der Waals surface area contributed by atoms with Gasteiger partial charge < -0.3 is 15.1 Å². The molecule has 2 amide bonds. The minimum absolute atomic E-state index is 0.0808. The Hall–Kier alpha value is -2.53. The lowest BCUT2D eigenvalue weighted by Crippen LogP contribution is -2.31. The molecule has 3 rings (SSSR count). The van der Waals surface area contributed by atoms with Gasteiger partial charge in [-0.05, 0) is 48.7 Å². The molecular weight excluding hydrogens is 374 g/mol. The first kappa shape index (κ1) is 20.2. The summed E-state index contributed by atoms with van der Waals surface area (Å²) in [4.78, 5) is 28.2. The number of hydrogen-bond acceptors (Lipinski definition) is 3. The Bertz CT molecular complexity index is 817. The molecule has 1 fully saturated rings. The van der Waals surface area contributed by atoms with Crippen LogP contribution in [0, 0.1) is 0 Å². The van der Waals surface area contributed by atoms with Crippen LogP contribution < -0.4 is 10.2 Å². The zero-order valence-electron chi connectivity index (χ0n) is 16.2. The largest absolute Gasteiger partial charge is 0.372 e. The Morgan fingerprint density at radius 2 is 1.75 bits per heavy atom. The van der Waals surface area contributed by atoms with E-state index in [2.05, 4.69) is 10.2 Å². The van der Waals surface area contributed by atoms with Gasteiger partial charge in [0.15, 0.2) is 0 Å². The molecule has 1 N–H and O–H groups in total. The number of carbonyl (C=O) groups excluding carboxylic acids is 2. The first-order chi connectivity index (χ1) is 13.5. The van der Waals surface area contributed by atoms with Gasteiger partial charge in [0, 0.05) is 55.9 Å². The summed E-state index contributed by atoms with van der Waals surface area (Å²) < 4.78 is 0. The normalized spacial score (nSPS) is 13.4. The van der Waals surface area contributed by atoms with E-state index in [1.165, 1.54) is 25.5 Å². The van der Waals surface area contributed by atoms with Crippen LogP contribution >= 0.6 is 11.6 Å². The van der Waals surface area contributed by atoms with E-state index in [-0.39, 0.29) is 18.2 Å². The summed E-state index contributed by atoms with van der Waals surface area (Å²) in [5, 5.41) is 3.53. The minimum atomic E-state index is -0.112. The van der Waals surface area contributed by atoms with Gasteiger partial charge in [0.05, 0.1) is 0 Å². The molecule has 148 valence electrons. The van der Waals surface area contributed by atoms with Gasteiger partial charge in [0.1, 0.15) is 0 Å². The molecule has 1 heterocycles. The molecule has 1 saturated heterocycles. The fourth-order valence-corrected chi connectivity index (χ4v) is 3.57. The lowest BCUT2D eigenvalue weighted by molar-refractivity contribution is -0.129. The summed E-state index contributed by atoms with van der Waals surface area (Å²) in [5.41, 5.74) is 2.84. The van der Waals surface area contributed by atoms with Gasteiger partial charge >= 0.3 is 0 Å². The number of benzene rings is 2. The second kappa shape index (κ2) is 9.60. The molecule has 2 aromatic carbocycles. The summed E-state index contributed by atoms with van der Waals surface area (Å²) in [6, 6.07) is 15.4. The molecular formula is C22H26ClN3O2. The quantitative estimate of drug-likeness (QED) is 0.754. The predicted molar refractivity (Wildman–Crippen MR) is 114 cm³/mol. The van der Waals surface area contributed by atoms with Gasteiger partial charge in [-0.25, -0.2) is 0 Å².